The predicted octanol–water partition coefficient (Wildman–Crippen LogP) is 4.02. The average Bonchev–Trinajstić information content (AvgIpc) is 2.33. The summed E-state index contributed by atoms with van der Waals surface area (Å²) in [4.78, 5) is 0.103. The van der Waals surface area contributed by atoms with Crippen molar-refractivity contribution in [2.24, 2.45) is 0 Å². The number of alkyl halides is 1. The first kappa shape index (κ1) is 17.1. The summed E-state index contributed by atoms with van der Waals surface area (Å²) in [7, 11) is -3.60. The van der Waals surface area contributed by atoms with Crippen LogP contribution in [0.15, 0.2) is 23.1 Å². The molecule has 1 aromatic rings. The molecular formula is C12H16Cl3NO2S. The van der Waals surface area contributed by atoms with Gasteiger partial charge in [0.05, 0.1) is 4.90 Å². The molecule has 0 amide bonds. The first-order chi connectivity index (χ1) is 8.91. The second kappa shape index (κ2) is 7.70. The third kappa shape index (κ3) is 4.80. The van der Waals surface area contributed by atoms with Crippen LogP contribution in [-0.4, -0.2) is 31.7 Å². The van der Waals surface area contributed by atoms with Gasteiger partial charge in [-0.25, -0.2) is 8.42 Å². The summed E-state index contributed by atoms with van der Waals surface area (Å²) in [6.45, 7) is 2.71. The molecule has 1 rings (SSSR count). The fourth-order valence-corrected chi connectivity index (χ4v) is 4.12. The molecule has 1 aromatic carbocycles. The number of unbranched alkanes of at least 4 members (excludes halogenated alkanes) is 1. The number of halogens is 3. The van der Waals surface area contributed by atoms with Crippen molar-refractivity contribution >= 4 is 44.8 Å². The third-order valence-electron chi connectivity index (χ3n) is 2.57. The Morgan fingerprint density at radius 2 is 1.68 bits per heavy atom. The molecule has 0 N–H and O–H groups in total. The Kier molecular flexibility index (Phi) is 6.91. The van der Waals surface area contributed by atoms with Gasteiger partial charge in [0, 0.05) is 29.0 Å². The van der Waals surface area contributed by atoms with E-state index in [-0.39, 0.29) is 17.3 Å². The van der Waals surface area contributed by atoms with Crippen molar-refractivity contribution in [1.29, 1.82) is 0 Å². The highest BCUT2D eigenvalue weighted by Crippen LogP contribution is 2.25. The van der Waals surface area contributed by atoms with Gasteiger partial charge in [0.25, 0.3) is 0 Å². The fourth-order valence-electron chi connectivity index (χ4n) is 1.61. The summed E-state index contributed by atoms with van der Waals surface area (Å²) < 4.78 is 26.3. The number of rotatable bonds is 7. The van der Waals surface area contributed by atoms with Gasteiger partial charge in [0.15, 0.2) is 0 Å². The summed E-state index contributed by atoms with van der Waals surface area (Å²) in [5.74, 6) is 0.247. The molecule has 0 fully saturated rings. The Bertz CT molecular complexity index is 499. The first-order valence-corrected chi connectivity index (χ1v) is 8.67. The minimum absolute atomic E-state index is 0.103. The highest BCUT2D eigenvalue weighted by Gasteiger charge is 2.24. The van der Waals surface area contributed by atoms with Gasteiger partial charge in [-0.05, 0) is 24.6 Å². The molecule has 0 atom stereocenters. The van der Waals surface area contributed by atoms with Crippen LogP contribution in [0, 0.1) is 0 Å². The average molecular weight is 345 g/mol. The Hall–Kier alpha value is -0.000000000000000111. The molecular weight excluding hydrogens is 329 g/mol. The largest absolute Gasteiger partial charge is 0.243 e. The SMILES string of the molecule is CCCCN(CCCl)S(=O)(=O)c1cc(Cl)cc(Cl)c1. The molecule has 0 bridgehead atoms. The van der Waals surface area contributed by atoms with Crippen LogP contribution in [-0.2, 0) is 10.0 Å². The van der Waals surface area contributed by atoms with Crippen molar-refractivity contribution < 1.29 is 8.42 Å². The monoisotopic (exact) mass is 343 g/mol. The molecule has 0 aliphatic carbocycles. The number of hydrogen-bond donors (Lipinski definition) is 0. The zero-order valence-corrected chi connectivity index (χ0v) is 13.7. The van der Waals surface area contributed by atoms with Crippen LogP contribution in [0.4, 0.5) is 0 Å². The van der Waals surface area contributed by atoms with E-state index < -0.39 is 10.0 Å². The molecule has 0 spiro atoms. The summed E-state index contributed by atoms with van der Waals surface area (Å²) >= 11 is 17.4. The summed E-state index contributed by atoms with van der Waals surface area (Å²) in [6.07, 6.45) is 1.69. The van der Waals surface area contributed by atoms with Crippen molar-refractivity contribution in [1.82, 2.24) is 4.31 Å². The smallest absolute Gasteiger partial charge is 0.207 e. The van der Waals surface area contributed by atoms with Gasteiger partial charge in [-0.15, -0.1) is 11.6 Å². The second-order valence-electron chi connectivity index (χ2n) is 4.05. The Balaban J connectivity index is 3.10. The van der Waals surface area contributed by atoms with Gasteiger partial charge >= 0.3 is 0 Å². The molecule has 108 valence electrons. The van der Waals surface area contributed by atoms with Crippen LogP contribution in [0.2, 0.25) is 10.0 Å². The molecule has 0 heterocycles. The quantitative estimate of drug-likeness (QED) is 0.700. The fraction of sp³-hybridized carbons (Fsp3) is 0.500. The minimum atomic E-state index is -3.60. The van der Waals surface area contributed by atoms with E-state index in [0.29, 0.717) is 16.6 Å². The summed E-state index contributed by atoms with van der Waals surface area (Å²) in [5.41, 5.74) is 0. The zero-order valence-electron chi connectivity index (χ0n) is 10.6. The van der Waals surface area contributed by atoms with Gasteiger partial charge in [-0.3, -0.25) is 0 Å². The second-order valence-corrected chi connectivity index (χ2v) is 7.24. The lowest BCUT2D eigenvalue weighted by Crippen LogP contribution is -2.33. The summed E-state index contributed by atoms with van der Waals surface area (Å²) in [5, 5.41) is 0.597. The van der Waals surface area contributed by atoms with E-state index in [9.17, 15) is 8.42 Å². The van der Waals surface area contributed by atoms with E-state index in [1.54, 1.807) is 0 Å². The molecule has 0 radical (unpaired) electrons. The summed E-state index contributed by atoms with van der Waals surface area (Å²) in [6, 6.07) is 4.30. The topological polar surface area (TPSA) is 37.4 Å². The van der Waals surface area contributed by atoms with Crippen molar-refractivity contribution in [2.45, 2.75) is 24.7 Å². The normalized spacial score (nSPS) is 12.1. The number of nitrogens with zero attached hydrogens (tertiary/aromatic N) is 1. The minimum Gasteiger partial charge on any atom is -0.207 e. The third-order valence-corrected chi connectivity index (χ3v) is 5.05. The maximum Gasteiger partial charge on any atom is 0.243 e. The van der Waals surface area contributed by atoms with Crippen LogP contribution in [0.3, 0.4) is 0 Å². The van der Waals surface area contributed by atoms with E-state index in [4.69, 9.17) is 34.8 Å². The number of benzene rings is 1. The van der Waals surface area contributed by atoms with Crippen molar-refractivity contribution in [3.05, 3.63) is 28.2 Å². The van der Waals surface area contributed by atoms with E-state index in [1.807, 2.05) is 6.92 Å². The Labute approximate surface area is 129 Å². The predicted molar refractivity (Wildman–Crippen MR) is 80.8 cm³/mol. The van der Waals surface area contributed by atoms with E-state index in [1.165, 1.54) is 22.5 Å². The maximum atomic E-state index is 12.5. The van der Waals surface area contributed by atoms with E-state index in [0.717, 1.165) is 12.8 Å². The van der Waals surface area contributed by atoms with Crippen LogP contribution >= 0.6 is 34.8 Å². The molecule has 19 heavy (non-hydrogen) atoms. The molecule has 0 aliphatic heterocycles. The molecule has 7 heteroatoms. The maximum absolute atomic E-state index is 12.5. The lowest BCUT2D eigenvalue weighted by atomic mass is 10.3. The van der Waals surface area contributed by atoms with Gasteiger partial charge in [0.2, 0.25) is 10.0 Å². The van der Waals surface area contributed by atoms with Crippen LogP contribution < -0.4 is 0 Å². The van der Waals surface area contributed by atoms with Crippen molar-refractivity contribution in [3.8, 4) is 0 Å². The van der Waals surface area contributed by atoms with Crippen LogP contribution in [0.25, 0.3) is 0 Å². The molecule has 0 saturated heterocycles. The van der Waals surface area contributed by atoms with Crippen molar-refractivity contribution in [2.75, 3.05) is 19.0 Å². The highest BCUT2D eigenvalue weighted by atomic mass is 35.5. The van der Waals surface area contributed by atoms with E-state index in [2.05, 4.69) is 0 Å². The molecule has 0 aliphatic rings. The molecule has 3 nitrogen and oxygen atoms in total. The zero-order chi connectivity index (χ0) is 14.5. The van der Waals surface area contributed by atoms with E-state index >= 15 is 0 Å². The van der Waals surface area contributed by atoms with Gasteiger partial charge in [-0.2, -0.15) is 4.31 Å². The van der Waals surface area contributed by atoms with Gasteiger partial charge < -0.3 is 0 Å². The number of hydrogen-bond acceptors (Lipinski definition) is 2. The van der Waals surface area contributed by atoms with Gasteiger partial charge in [-0.1, -0.05) is 36.5 Å². The molecule has 0 saturated carbocycles. The molecule has 0 unspecified atom stereocenters. The van der Waals surface area contributed by atoms with Crippen LogP contribution in [0.5, 0.6) is 0 Å². The molecule has 0 aromatic heterocycles. The van der Waals surface area contributed by atoms with Crippen LogP contribution in [0.1, 0.15) is 19.8 Å². The highest BCUT2D eigenvalue weighted by molar-refractivity contribution is 7.89. The standard InChI is InChI=1S/C12H16Cl3NO2S/c1-2-3-5-16(6-4-13)19(17,18)12-8-10(14)7-11(15)9-12/h7-9H,2-6H2,1H3. The first-order valence-electron chi connectivity index (χ1n) is 5.94. The van der Waals surface area contributed by atoms with Gasteiger partial charge in [0.1, 0.15) is 0 Å². The number of sulfonamides is 1. The Morgan fingerprint density at radius 3 is 2.16 bits per heavy atom. The Morgan fingerprint density at radius 1 is 1.11 bits per heavy atom. The van der Waals surface area contributed by atoms with Crippen molar-refractivity contribution in [3.63, 3.8) is 0 Å². The lowest BCUT2D eigenvalue weighted by Gasteiger charge is -2.21. The lowest BCUT2D eigenvalue weighted by molar-refractivity contribution is 0.420.